The predicted molar refractivity (Wildman–Crippen MR) is 57.8 cm³/mol. The Bertz CT molecular complexity index is 279. The topological polar surface area (TPSA) is 49.9 Å². The largest absolute Gasteiger partial charge is 0.381 e. The molecular weight excluding hydrogens is 208 g/mol. The van der Waals surface area contributed by atoms with Gasteiger partial charge in [0.05, 0.1) is 12.5 Å². The molecule has 2 aliphatic heterocycles. The summed E-state index contributed by atoms with van der Waals surface area (Å²) in [4.78, 5) is 26.8. The van der Waals surface area contributed by atoms with Crippen LogP contribution in [0.1, 0.15) is 13.3 Å². The van der Waals surface area contributed by atoms with Gasteiger partial charge in [0.15, 0.2) is 0 Å². The Labute approximate surface area is 95.3 Å². The van der Waals surface area contributed by atoms with Crippen LogP contribution in [0, 0.1) is 5.92 Å². The van der Waals surface area contributed by atoms with Gasteiger partial charge in [-0.05, 0) is 6.42 Å². The molecule has 5 heteroatoms. The summed E-state index contributed by atoms with van der Waals surface area (Å²) in [6.45, 7) is 5.48. The summed E-state index contributed by atoms with van der Waals surface area (Å²) in [6, 6.07) is 0. The Kier molecular flexibility index (Phi) is 3.43. The minimum absolute atomic E-state index is 0.0453. The lowest BCUT2D eigenvalue weighted by atomic mass is 10.1. The third-order valence-electron chi connectivity index (χ3n) is 3.32. The zero-order valence-electron chi connectivity index (χ0n) is 9.65. The van der Waals surface area contributed by atoms with Crippen LogP contribution in [0.25, 0.3) is 0 Å². The van der Waals surface area contributed by atoms with E-state index >= 15 is 0 Å². The highest BCUT2D eigenvalue weighted by Gasteiger charge is 2.30. The molecule has 90 valence electrons. The fraction of sp³-hybridized carbons (Fsp3) is 0.818. The molecule has 0 aromatic rings. The van der Waals surface area contributed by atoms with Gasteiger partial charge < -0.3 is 14.5 Å². The van der Waals surface area contributed by atoms with E-state index in [1.54, 1.807) is 11.8 Å². The van der Waals surface area contributed by atoms with Crippen molar-refractivity contribution >= 4 is 11.8 Å². The van der Waals surface area contributed by atoms with Gasteiger partial charge in [0.1, 0.15) is 0 Å². The van der Waals surface area contributed by atoms with Crippen LogP contribution in [-0.2, 0) is 14.3 Å². The van der Waals surface area contributed by atoms with Gasteiger partial charge >= 0.3 is 0 Å². The van der Waals surface area contributed by atoms with Gasteiger partial charge in [0.25, 0.3) is 0 Å². The molecule has 2 saturated heterocycles. The van der Waals surface area contributed by atoms with E-state index in [9.17, 15) is 9.59 Å². The third kappa shape index (κ3) is 2.35. The van der Waals surface area contributed by atoms with Gasteiger partial charge in [-0.1, -0.05) is 0 Å². The highest BCUT2D eigenvalue weighted by Crippen LogP contribution is 2.16. The van der Waals surface area contributed by atoms with Crippen LogP contribution < -0.4 is 0 Å². The number of piperazine rings is 1. The number of carbonyl (C=O) groups is 2. The second-order valence-corrected chi connectivity index (χ2v) is 4.39. The predicted octanol–water partition coefficient (Wildman–Crippen LogP) is -0.286. The minimum atomic E-state index is 0.0453. The number of amides is 2. The maximum absolute atomic E-state index is 12.0. The van der Waals surface area contributed by atoms with Crippen LogP contribution in [0.15, 0.2) is 0 Å². The fourth-order valence-corrected chi connectivity index (χ4v) is 2.23. The maximum Gasteiger partial charge on any atom is 0.228 e. The first-order chi connectivity index (χ1) is 7.68. The molecule has 0 aromatic heterocycles. The zero-order chi connectivity index (χ0) is 11.5. The SMILES string of the molecule is CC(=O)N1CCN(C(=O)C2CCOC2)CC1. The molecule has 2 aliphatic rings. The molecule has 0 radical (unpaired) electrons. The van der Waals surface area contributed by atoms with Crippen LogP contribution in [0.2, 0.25) is 0 Å². The molecule has 1 atom stereocenters. The molecule has 2 amide bonds. The van der Waals surface area contributed by atoms with Gasteiger partial charge in [0.2, 0.25) is 11.8 Å². The average Bonchev–Trinajstić information content (AvgIpc) is 2.81. The first kappa shape index (κ1) is 11.4. The summed E-state index contributed by atoms with van der Waals surface area (Å²) in [5.41, 5.74) is 0. The molecule has 2 heterocycles. The van der Waals surface area contributed by atoms with Crippen molar-refractivity contribution in [2.75, 3.05) is 39.4 Å². The lowest BCUT2D eigenvalue weighted by Gasteiger charge is -2.35. The second kappa shape index (κ2) is 4.82. The van der Waals surface area contributed by atoms with Crippen LogP contribution in [0.4, 0.5) is 0 Å². The Morgan fingerprint density at radius 1 is 1.12 bits per heavy atom. The van der Waals surface area contributed by atoms with Crippen molar-refractivity contribution in [3.05, 3.63) is 0 Å². The highest BCUT2D eigenvalue weighted by molar-refractivity contribution is 5.80. The lowest BCUT2D eigenvalue weighted by Crippen LogP contribution is -2.51. The molecule has 5 nitrogen and oxygen atoms in total. The number of ether oxygens (including phenoxy) is 1. The molecule has 1 unspecified atom stereocenters. The van der Waals surface area contributed by atoms with E-state index < -0.39 is 0 Å². The van der Waals surface area contributed by atoms with Crippen molar-refractivity contribution in [3.8, 4) is 0 Å². The summed E-state index contributed by atoms with van der Waals surface area (Å²) in [6.07, 6.45) is 0.839. The Morgan fingerprint density at radius 3 is 2.25 bits per heavy atom. The van der Waals surface area contributed by atoms with Crippen LogP contribution in [0.3, 0.4) is 0 Å². The maximum atomic E-state index is 12.0. The highest BCUT2D eigenvalue weighted by atomic mass is 16.5. The van der Waals surface area contributed by atoms with E-state index in [4.69, 9.17) is 4.74 Å². The van der Waals surface area contributed by atoms with E-state index in [0.29, 0.717) is 39.4 Å². The van der Waals surface area contributed by atoms with E-state index in [2.05, 4.69) is 0 Å². The number of rotatable bonds is 1. The molecular formula is C11H18N2O3. The second-order valence-electron chi connectivity index (χ2n) is 4.39. The van der Waals surface area contributed by atoms with Crippen molar-refractivity contribution in [2.45, 2.75) is 13.3 Å². The van der Waals surface area contributed by atoms with Crippen LogP contribution in [-0.4, -0.2) is 61.0 Å². The summed E-state index contributed by atoms with van der Waals surface area (Å²) < 4.78 is 5.22. The van der Waals surface area contributed by atoms with Gasteiger partial charge in [-0.25, -0.2) is 0 Å². The summed E-state index contributed by atoms with van der Waals surface area (Å²) >= 11 is 0. The van der Waals surface area contributed by atoms with Gasteiger partial charge in [-0.15, -0.1) is 0 Å². The Balaban J connectivity index is 1.84. The van der Waals surface area contributed by atoms with E-state index in [1.807, 2.05) is 4.90 Å². The zero-order valence-corrected chi connectivity index (χ0v) is 9.65. The molecule has 0 aliphatic carbocycles. The molecule has 2 fully saturated rings. The van der Waals surface area contributed by atoms with Crippen LogP contribution >= 0.6 is 0 Å². The molecule has 0 spiro atoms. The average molecular weight is 226 g/mol. The van der Waals surface area contributed by atoms with Crippen molar-refractivity contribution in [1.82, 2.24) is 9.80 Å². The smallest absolute Gasteiger partial charge is 0.228 e. The number of nitrogens with zero attached hydrogens (tertiary/aromatic N) is 2. The summed E-state index contributed by atoms with van der Waals surface area (Å²) in [5, 5.41) is 0. The quantitative estimate of drug-likeness (QED) is 0.617. The van der Waals surface area contributed by atoms with Crippen molar-refractivity contribution in [1.29, 1.82) is 0 Å². The Morgan fingerprint density at radius 2 is 1.75 bits per heavy atom. The third-order valence-corrected chi connectivity index (χ3v) is 3.32. The number of hydrogen-bond donors (Lipinski definition) is 0. The van der Waals surface area contributed by atoms with Gasteiger partial charge in [-0.3, -0.25) is 9.59 Å². The number of carbonyl (C=O) groups excluding carboxylic acids is 2. The van der Waals surface area contributed by atoms with Gasteiger partial charge in [0, 0.05) is 39.7 Å². The number of hydrogen-bond acceptors (Lipinski definition) is 3. The lowest BCUT2D eigenvalue weighted by molar-refractivity contribution is -0.141. The Hall–Kier alpha value is -1.10. The van der Waals surface area contributed by atoms with Crippen molar-refractivity contribution in [2.24, 2.45) is 5.92 Å². The normalized spacial score (nSPS) is 25.9. The summed E-state index contributed by atoms with van der Waals surface area (Å²) in [7, 11) is 0. The van der Waals surface area contributed by atoms with E-state index in [1.165, 1.54) is 0 Å². The first-order valence-electron chi connectivity index (χ1n) is 5.80. The fourth-order valence-electron chi connectivity index (χ4n) is 2.23. The monoisotopic (exact) mass is 226 g/mol. The summed E-state index contributed by atoms with van der Waals surface area (Å²) in [5.74, 6) is 0.334. The standard InChI is InChI=1S/C11H18N2O3/c1-9(14)12-3-5-13(6-4-12)11(15)10-2-7-16-8-10/h10H,2-8H2,1H3. The van der Waals surface area contributed by atoms with Crippen molar-refractivity contribution < 1.29 is 14.3 Å². The molecule has 2 rings (SSSR count). The van der Waals surface area contributed by atoms with Crippen LogP contribution in [0.5, 0.6) is 0 Å². The molecule has 0 aromatic carbocycles. The van der Waals surface area contributed by atoms with E-state index in [0.717, 1.165) is 6.42 Å². The molecule has 0 saturated carbocycles. The first-order valence-corrected chi connectivity index (χ1v) is 5.80. The minimum Gasteiger partial charge on any atom is -0.381 e. The van der Waals surface area contributed by atoms with Crippen molar-refractivity contribution in [3.63, 3.8) is 0 Å². The molecule has 0 N–H and O–H groups in total. The van der Waals surface area contributed by atoms with E-state index in [-0.39, 0.29) is 17.7 Å². The van der Waals surface area contributed by atoms with Gasteiger partial charge in [-0.2, -0.15) is 0 Å². The molecule has 16 heavy (non-hydrogen) atoms. The molecule has 0 bridgehead atoms.